The molecule has 1 N–H and O–H groups in total. The van der Waals surface area contributed by atoms with Crippen molar-refractivity contribution in [2.75, 3.05) is 0 Å². The van der Waals surface area contributed by atoms with Crippen molar-refractivity contribution in [3.8, 4) is 0 Å². The Kier molecular flexibility index (Phi) is 3.81. The van der Waals surface area contributed by atoms with E-state index in [1.165, 1.54) is 0 Å². The minimum absolute atomic E-state index is 0.0291. The predicted octanol–water partition coefficient (Wildman–Crippen LogP) is 3.59. The number of esters is 1. The summed E-state index contributed by atoms with van der Waals surface area (Å²) in [5, 5.41) is 10.4. The fourth-order valence-corrected chi connectivity index (χ4v) is 2.57. The molecule has 0 unspecified atom stereocenters. The summed E-state index contributed by atoms with van der Waals surface area (Å²) in [6.07, 6.45) is -0.884. The molecule has 0 radical (unpaired) electrons. The summed E-state index contributed by atoms with van der Waals surface area (Å²) in [6, 6.07) is 15.7. The number of rotatable bonds is 2. The quantitative estimate of drug-likeness (QED) is 0.385. The summed E-state index contributed by atoms with van der Waals surface area (Å²) < 4.78 is 5.97. The molecule has 0 aromatic heterocycles. The van der Waals surface area contributed by atoms with Crippen LogP contribution >= 0.6 is 15.9 Å². The third-order valence-electron chi connectivity index (χ3n) is 3.39. The molecule has 1 atom stereocenters. The molecule has 2 aromatic rings. The predicted molar refractivity (Wildman–Crippen MR) is 84.0 cm³/mol. The number of carbonyl (C=O) groups excluding carboxylic acids is 2. The maximum atomic E-state index is 12.1. The highest BCUT2D eigenvalue weighted by Gasteiger charge is 2.42. The number of Topliss-reactive ketones (excluding diaryl/α,β-unsaturated/α-hetero) is 1. The number of ketones is 1. The number of cyclic esters (lactones) is 1. The number of benzene rings is 2. The van der Waals surface area contributed by atoms with Gasteiger partial charge >= 0.3 is 5.97 Å². The summed E-state index contributed by atoms with van der Waals surface area (Å²) >= 11 is 3.30. The monoisotopic (exact) mass is 358 g/mol. The summed E-state index contributed by atoms with van der Waals surface area (Å²) in [5.41, 5.74) is 1.06. The lowest BCUT2D eigenvalue weighted by Gasteiger charge is -2.12. The Morgan fingerprint density at radius 2 is 1.64 bits per heavy atom. The van der Waals surface area contributed by atoms with Crippen molar-refractivity contribution in [2.45, 2.75) is 6.10 Å². The van der Waals surface area contributed by atoms with E-state index in [4.69, 9.17) is 4.74 Å². The van der Waals surface area contributed by atoms with Crippen LogP contribution in [0, 0.1) is 0 Å². The first-order chi connectivity index (χ1) is 10.6. The highest BCUT2D eigenvalue weighted by molar-refractivity contribution is 9.10. The molecule has 4 nitrogen and oxygen atoms in total. The van der Waals surface area contributed by atoms with Crippen LogP contribution in [0.4, 0.5) is 0 Å². The first-order valence-electron chi connectivity index (χ1n) is 6.57. The average Bonchev–Trinajstić information content (AvgIpc) is 2.84. The summed E-state index contributed by atoms with van der Waals surface area (Å²) in [4.78, 5) is 23.7. The van der Waals surface area contributed by atoms with Crippen LogP contribution in [0.15, 0.2) is 64.6 Å². The van der Waals surface area contributed by atoms with E-state index in [1.54, 1.807) is 48.5 Å². The highest BCUT2D eigenvalue weighted by Crippen LogP contribution is 2.36. The van der Waals surface area contributed by atoms with Crippen LogP contribution in [-0.2, 0) is 14.3 Å². The van der Waals surface area contributed by atoms with Gasteiger partial charge in [-0.25, -0.2) is 4.79 Å². The Morgan fingerprint density at radius 1 is 1.00 bits per heavy atom. The minimum Gasteiger partial charge on any atom is -0.507 e. The van der Waals surface area contributed by atoms with Crippen molar-refractivity contribution in [1.29, 1.82) is 0 Å². The van der Waals surface area contributed by atoms with Crippen molar-refractivity contribution >= 4 is 33.4 Å². The molecule has 0 aliphatic carbocycles. The van der Waals surface area contributed by atoms with E-state index in [1.807, 2.05) is 6.07 Å². The standard InChI is InChI=1S/C17H11BrO4/c18-12-8-6-10(7-9-12)14(19)13-15(20)17(21)22-16(13)11-4-2-1-3-5-11/h1-9,16,19H/b14-13-/t16-/m0/s1. The molecule has 2 aromatic carbocycles. The summed E-state index contributed by atoms with van der Waals surface area (Å²) in [5.74, 6) is -2.00. The van der Waals surface area contributed by atoms with Crippen molar-refractivity contribution in [1.82, 2.24) is 0 Å². The lowest BCUT2D eigenvalue weighted by molar-refractivity contribution is -0.149. The molecule has 0 amide bonds. The number of ether oxygens (including phenoxy) is 1. The van der Waals surface area contributed by atoms with E-state index < -0.39 is 17.9 Å². The molecular formula is C17H11BrO4. The van der Waals surface area contributed by atoms with Crippen molar-refractivity contribution < 1.29 is 19.4 Å². The molecule has 5 heteroatoms. The molecule has 3 rings (SSSR count). The molecule has 110 valence electrons. The van der Waals surface area contributed by atoms with Gasteiger partial charge in [0.25, 0.3) is 5.78 Å². The number of aliphatic hydroxyl groups excluding tert-OH is 1. The zero-order valence-corrected chi connectivity index (χ0v) is 12.9. The Bertz CT molecular complexity index is 763. The minimum atomic E-state index is -0.951. The summed E-state index contributed by atoms with van der Waals surface area (Å²) in [6.45, 7) is 0. The third kappa shape index (κ3) is 2.55. The first-order valence-corrected chi connectivity index (χ1v) is 7.36. The molecule has 0 bridgehead atoms. The van der Waals surface area contributed by atoms with Gasteiger partial charge in [-0.1, -0.05) is 58.4 Å². The lowest BCUT2D eigenvalue weighted by atomic mass is 9.97. The molecular weight excluding hydrogens is 348 g/mol. The molecule has 1 aliphatic rings. The van der Waals surface area contributed by atoms with E-state index in [9.17, 15) is 14.7 Å². The van der Waals surface area contributed by atoms with E-state index >= 15 is 0 Å². The van der Waals surface area contributed by atoms with Crippen LogP contribution in [0.5, 0.6) is 0 Å². The van der Waals surface area contributed by atoms with Crippen LogP contribution in [0.2, 0.25) is 0 Å². The molecule has 0 spiro atoms. The molecule has 22 heavy (non-hydrogen) atoms. The molecule has 1 fully saturated rings. The molecule has 1 aliphatic heterocycles. The Balaban J connectivity index is 2.11. The Hall–Kier alpha value is -2.40. The van der Waals surface area contributed by atoms with Gasteiger partial charge < -0.3 is 9.84 Å². The second kappa shape index (κ2) is 5.77. The van der Waals surface area contributed by atoms with Crippen LogP contribution in [0.25, 0.3) is 5.76 Å². The number of hydrogen-bond donors (Lipinski definition) is 1. The van der Waals surface area contributed by atoms with Crippen molar-refractivity contribution in [3.63, 3.8) is 0 Å². The SMILES string of the molecule is O=C1O[C@@H](c2ccccc2)/C(=C(\O)c2ccc(Br)cc2)C1=O. The van der Waals surface area contributed by atoms with Gasteiger partial charge in [0, 0.05) is 10.0 Å². The topological polar surface area (TPSA) is 63.6 Å². The Morgan fingerprint density at radius 3 is 2.27 bits per heavy atom. The lowest BCUT2D eigenvalue weighted by Crippen LogP contribution is -2.08. The number of aliphatic hydroxyl groups is 1. The second-order valence-electron chi connectivity index (χ2n) is 4.79. The van der Waals surface area contributed by atoms with Gasteiger partial charge in [0.15, 0.2) is 6.10 Å². The van der Waals surface area contributed by atoms with Gasteiger partial charge in [-0.3, -0.25) is 4.79 Å². The maximum Gasteiger partial charge on any atom is 0.380 e. The fraction of sp³-hybridized carbons (Fsp3) is 0.0588. The third-order valence-corrected chi connectivity index (χ3v) is 3.92. The van der Waals surface area contributed by atoms with Gasteiger partial charge in [0.1, 0.15) is 5.76 Å². The summed E-state index contributed by atoms with van der Waals surface area (Å²) in [7, 11) is 0. The number of hydrogen-bond acceptors (Lipinski definition) is 4. The largest absolute Gasteiger partial charge is 0.507 e. The first kappa shape index (κ1) is 14.5. The molecule has 1 saturated heterocycles. The average molecular weight is 359 g/mol. The van der Waals surface area contributed by atoms with Gasteiger partial charge in [-0.05, 0) is 17.7 Å². The van der Waals surface area contributed by atoms with Crippen molar-refractivity contribution in [3.05, 3.63) is 75.8 Å². The maximum absolute atomic E-state index is 12.1. The van der Waals surface area contributed by atoms with Crippen LogP contribution in [-0.4, -0.2) is 16.9 Å². The second-order valence-corrected chi connectivity index (χ2v) is 5.71. The van der Waals surface area contributed by atoms with E-state index in [-0.39, 0.29) is 11.3 Å². The zero-order chi connectivity index (χ0) is 15.7. The number of halogens is 1. The number of carbonyl (C=O) groups is 2. The van der Waals surface area contributed by atoms with E-state index in [0.717, 1.165) is 4.47 Å². The smallest absolute Gasteiger partial charge is 0.380 e. The zero-order valence-electron chi connectivity index (χ0n) is 11.3. The molecule has 0 saturated carbocycles. The normalized spacial score (nSPS) is 20.0. The van der Waals surface area contributed by atoms with E-state index in [2.05, 4.69) is 15.9 Å². The Labute approximate surface area is 135 Å². The van der Waals surface area contributed by atoms with Crippen LogP contribution in [0.1, 0.15) is 17.2 Å². The van der Waals surface area contributed by atoms with Crippen LogP contribution < -0.4 is 0 Å². The van der Waals surface area contributed by atoms with Gasteiger partial charge in [0.2, 0.25) is 0 Å². The van der Waals surface area contributed by atoms with Crippen LogP contribution in [0.3, 0.4) is 0 Å². The fourth-order valence-electron chi connectivity index (χ4n) is 2.31. The highest BCUT2D eigenvalue weighted by atomic mass is 79.9. The van der Waals surface area contributed by atoms with E-state index in [0.29, 0.717) is 11.1 Å². The van der Waals surface area contributed by atoms with Gasteiger partial charge in [-0.2, -0.15) is 0 Å². The van der Waals surface area contributed by atoms with Gasteiger partial charge in [0.05, 0.1) is 5.57 Å². The van der Waals surface area contributed by atoms with Crippen molar-refractivity contribution in [2.24, 2.45) is 0 Å². The van der Waals surface area contributed by atoms with Gasteiger partial charge in [-0.15, -0.1) is 0 Å². The molecule has 1 heterocycles.